The van der Waals surface area contributed by atoms with Crippen LogP contribution in [0.2, 0.25) is 0 Å². The first-order valence-electron chi connectivity index (χ1n) is 6.97. The zero-order chi connectivity index (χ0) is 14.4. The summed E-state index contributed by atoms with van der Waals surface area (Å²) in [6.45, 7) is 4.07. The van der Waals surface area contributed by atoms with Crippen LogP contribution in [0.4, 0.5) is 5.82 Å². The van der Waals surface area contributed by atoms with E-state index in [4.69, 9.17) is 4.52 Å². The molecule has 0 unspecified atom stereocenters. The smallest absolute Gasteiger partial charge is 0.204 e. The van der Waals surface area contributed by atoms with E-state index in [2.05, 4.69) is 32.3 Å². The minimum atomic E-state index is 0.138. The molecule has 0 aromatic carbocycles. The third kappa shape index (κ3) is 2.22. The van der Waals surface area contributed by atoms with E-state index in [-0.39, 0.29) is 5.54 Å². The molecule has 0 bridgehead atoms. The summed E-state index contributed by atoms with van der Waals surface area (Å²) in [6.07, 6.45) is 5.80. The molecule has 0 spiro atoms. The Morgan fingerprint density at radius 3 is 2.86 bits per heavy atom. The zero-order valence-electron chi connectivity index (χ0n) is 11.9. The van der Waals surface area contributed by atoms with Crippen molar-refractivity contribution in [1.82, 2.24) is 20.1 Å². The van der Waals surface area contributed by atoms with Gasteiger partial charge in [0.05, 0.1) is 17.4 Å². The second-order valence-electron chi connectivity index (χ2n) is 5.81. The van der Waals surface area contributed by atoms with Crippen molar-refractivity contribution in [3.63, 3.8) is 0 Å². The first-order valence-corrected chi connectivity index (χ1v) is 6.97. The highest BCUT2D eigenvalue weighted by Crippen LogP contribution is 2.39. The van der Waals surface area contributed by atoms with Crippen molar-refractivity contribution in [2.45, 2.75) is 32.2 Å². The Balaban J connectivity index is 1.88. The van der Waals surface area contributed by atoms with Crippen molar-refractivity contribution in [2.24, 2.45) is 0 Å². The monoisotopic (exact) mass is 281 g/mol. The quantitative estimate of drug-likeness (QED) is 0.795. The number of aromatic nitrogens is 4. The first kappa shape index (κ1) is 12.3. The molecule has 1 N–H and O–H groups in total. The van der Waals surface area contributed by atoms with Gasteiger partial charge in [-0.2, -0.15) is 0 Å². The Kier molecular flexibility index (Phi) is 2.48. The molecular formula is C15H15N5O. The fraction of sp³-hybridized carbons (Fsp3) is 0.333. The van der Waals surface area contributed by atoms with Crippen LogP contribution in [0.25, 0.3) is 22.5 Å². The average molecular weight is 281 g/mol. The van der Waals surface area contributed by atoms with E-state index in [9.17, 15) is 0 Å². The van der Waals surface area contributed by atoms with Gasteiger partial charge in [-0.3, -0.25) is 4.98 Å². The van der Waals surface area contributed by atoms with Crippen molar-refractivity contribution in [2.75, 3.05) is 5.32 Å². The highest BCUT2D eigenvalue weighted by Gasteiger charge is 2.38. The molecule has 3 heterocycles. The number of rotatable bonds is 3. The van der Waals surface area contributed by atoms with Gasteiger partial charge in [0, 0.05) is 23.2 Å². The molecule has 0 atom stereocenters. The Labute approximate surface area is 121 Å². The summed E-state index contributed by atoms with van der Waals surface area (Å²) in [5.41, 5.74) is 1.74. The molecule has 21 heavy (non-hydrogen) atoms. The van der Waals surface area contributed by atoms with Crippen LogP contribution in [-0.2, 0) is 0 Å². The number of pyridine rings is 1. The van der Waals surface area contributed by atoms with Crippen molar-refractivity contribution >= 4 is 16.7 Å². The fourth-order valence-electron chi connectivity index (χ4n) is 2.25. The number of anilines is 1. The van der Waals surface area contributed by atoms with Gasteiger partial charge in [-0.25, -0.2) is 9.97 Å². The van der Waals surface area contributed by atoms with Crippen LogP contribution in [-0.4, -0.2) is 25.6 Å². The zero-order valence-corrected chi connectivity index (χ0v) is 11.9. The summed E-state index contributed by atoms with van der Waals surface area (Å²) < 4.78 is 5.28. The van der Waals surface area contributed by atoms with E-state index in [0.717, 1.165) is 35.3 Å². The fourth-order valence-corrected chi connectivity index (χ4v) is 2.25. The number of fused-ring (bicyclic) bond motifs is 1. The van der Waals surface area contributed by atoms with Crippen molar-refractivity contribution in [3.8, 4) is 11.6 Å². The first-order chi connectivity index (χ1) is 10.1. The van der Waals surface area contributed by atoms with Gasteiger partial charge in [-0.1, -0.05) is 5.16 Å². The van der Waals surface area contributed by atoms with E-state index >= 15 is 0 Å². The molecule has 1 saturated carbocycles. The lowest BCUT2D eigenvalue weighted by molar-refractivity contribution is 0.424. The lowest BCUT2D eigenvalue weighted by Crippen LogP contribution is -2.17. The Morgan fingerprint density at radius 2 is 2.14 bits per heavy atom. The van der Waals surface area contributed by atoms with E-state index in [0.29, 0.717) is 11.6 Å². The van der Waals surface area contributed by atoms with Gasteiger partial charge in [0.15, 0.2) is 0 Å². The molecule has 106 valence electrons. The third-order valence-electron chi connectivity index (χ3n) is 3.77. The highest BCUT2D eigenvalue weighted by atomic mass is 16.5. The van der Waals surface area contributed by atoms with Gasteiger partial charge in [0.25, 0.3) is 0 Å². The maximum atomic E-state index is 5.28. The number of hydrogen-bond donors (Lipinski definition) is 1. The number of hydrogen-bond acceptors (Lipinski definition) is 6. The molecule has 4 rings (SSSR count). The van der Waals surface area contributed by atoms with E-state index in [1.165, 1.54) is 0 Å². The van der Waals surface area contributed by atoms with Crippen LogP contribution in [0.3, 0.4) is 0 Å². The highest BCUT2D eigenvalue weighted by molar-refractivity contribution is 5.90. The second kappa shape index (κ2) is 4.25. The molecule has 0 amide bonds. The average Bonchev–Trinajstić information content (AvgIpc) is 3.04. The van der Waals surface area contributed by atoms with E-state index in [1.54, 1.807) is 12.4 Å². The summed E-state index contributed by atoms with van der Waals surface area (Å²) in [4.78, 5) is 13.3. The summed E-state index contributed by atoms with van der Waals surface area (Å²) in [7, 11) is 0. The lowest BCUT2D eigenvalue weighted by Gasteiger charge is -2.14. The summed E-state index contributed by atoms with van der Waals surface area (Å²) in [6, 6.07) is 3.76. The standard InChI is InChI=1S/C15H15N5O/c1-9-7-12(21-20-9)14-17-11-8-16-6-3-10(11)13(18-14)19-15(2)4-5-15/h3,6-8H,4-5H2,1-2H3,(H,17,18,19). The summed E-state index contributed by atoms with van der Waals surface area (Å²) >= 11 is 0. The topological polar surface area (TPSA) is 76.7 Å². The molecule has 0 aliphatic heterocycles. The number of nitrogens with zero attached hydrogens (tertiary/aromatic N) is 4. The molecule has 1 fully saturated rings. The molecule has 6 heteroatoms. The van der Waals surface area contributed by atoms with Crippen LogP contribution < -0.4 is 5.32 Å². The molecule has 1 aliphatic rings. The van der Waals surface area contributed by atoms with Crippen LogP contribution in [0.15, 0.2) is 29.0 Å². The van der Waals surface area contributed by atoms with Gasteiger partial charge in [0.1, 0.15) is 5.82 Å². The van der Waals surface area contributed by atoms with Crippen LogP contribution in [0.1, 0.15) is 25.5 Å². The number of aryl methyl sites for hydroxylation is 1. The molecule has 0 radical (unpaired) electrons. The largest absolute Gasteiger partial charge is 0.364 e. The van der Waals surface area contributed by atoms with Gasteiger partial charge >= 0.3 is 0 Å². The van der Waals surface area contributed by atoms with E-state index in [1.807, 2.05) is 19.1 Å². The summed E-state index contributed by atoms with van der Waals surface area (Å²) in [5.74, 6) is 1.93. The van der Waals surface area contributed by atoms with Gasteiger partial charge in [0.2, 0.25) is 11.6 Å². The SMILES string of the molecule is Cc1cc(-c2nc(NC3(C)CC3)c3ccncc3n2)on1. The molecule has 3 aromatic rings. The third-order valence-corrected chi connectivity index (χ3v) is 3.77. The molecule has 6 nitrogen and oxygen atoms in total. The van der Waals surface area contributed by atoms with E-state index < -0.39 is 0 Å². The van der Waals surface area contributed by atoms with Crippen molar-refractivity contribution < 1.29 is 4.52 Å². The van der Waals surface area contributed by atoms with Crippen LogP contribution in [0, 0.1) is 6.92 Å². The van der Waals surface area contributed by atoms with Crippen LogP contribution >= 0.6 is 0 Å². The van der Waals surface area contributed by atoms with Crippen LogP contribution in [0.5, 0.6) is 0 Å². The molecular weight excluding hydrogens is 266 g/mol. The van der Waals surface area contributed by atoms with Crippen molar-refractivity contribution in [3.05, 3.63) is 30.2 Å². The molecule has 3 aromatic heterocycles. The van der Waals surface area contributed by atoms with Gasteiger partial charge < -0.3 is 9.84 Å². The maximum Gasteiger partial charge on any atom is 0.204 e. The van der Waals surface area contributed by atoms with Crippen molar-refractivity contribution in [1.29, 1.82) is 0 Å². The summed E-state index contributed by atoms with van der Waals surface area (Å²) in [5, 5.41) is 8.38. The predicted molar refractivity (Wildman–Crippen MR) is 78.8 cm³/mol. The molecule has 0 saturated heterocycles. The normalized spacial score (nSPS) is 16.1. The predicted octanol–water partition coefficient (Wildman–Crippen LogP) is 2.95. The minimum Gasteiger partial charge on any atom is -0.364 e. The Bertz CT molecular complexity index is 822. The Hall–Kier alpha value is -2.50. The number of nitrogens with one attached hydrogen (secondary N) is 1. The minimum absolute atomic E-state index is 0.138. The molecule has 1 aliphatic carbocycles. The Morgan fingerprint density at radius 1 is 1.29 bits per heavy atom. The lowest BCUT2D eigenvalue weighted by atomic mass is 10.2. The van der Waals surface area contributed by atoms with Gasteiger partial charge in [-0.15, -0.1) is 0 Å². The maximum absolute atomic E-state index is 5.28. The van der Waals surface area contributed by atoms with Gasteiger partial charge in [-0.05, 0) is 32.8 Å². The second-order valence-corrected chi connectivity index (χ2v) is 5.81.